The molecule has 0 radical (unpaired) electrons. The largest absolute Gasteiger partial charge is 0.296 e. The van der Waals surface area contributed by atoms with Gasteiger partial charge in [0.2, 0.25) is 0 Å². The second kappa shape index (κ2) is 17.5. The van der Waals surface area contributed by atoms with Gasteiger partial charge in [-0.1, -0.05) is 89.7 Å². The van der Waals surface area contributed by atoms with E-state index in [2.05, 4.69) is 25.0 Å². The van der Waals surface area contributed by atoms with Crippen molar-refractivity contribution >= 4 is 0 Å². The van der Waals surface area contributed by atoms with E-state index in [1.807, 2.05) is 12.2 Å². The highest BCUT2D eigenvalue weighted by molar-refractivity contribution is 4.79. The van der Waals surface area contributed by atoms with Crippen molar-refractivity contribution in [3.05, 3.63) is 25.3 Å². The van der Waals surface area contributed by atoms with Gasteiger partial charge in [-0.05, 0) is 13.0 Å². The van der Waals surface area contributed by atoms with Gasteiger partial charge in [-0.15, -0.1) is 13.2 Å². The third-order valence-electron chi connectivity index (χ3n) is 4.10. The zero-order valence-corrected chi connectivity index (χ0v) is 14.6. The van der Waals surface area contributed by atoms with E-state index in [4.69, 9.17) is 0 Å². The van der Waals surface area contributed by atoms with Crippen LogP contribution in [0, 0.1) is 0 Å². The molecular formula is C20H39N. The first-order valence-electron chi connectivity index (χ1n) is 9.29. The second-order valence-electron chi connectivity index (χ2n) is 6.23. The molecule has 0 heterocycles. The van der Waals surface area contributed by atoms with Gasteiger partial charge < -0.3 is 0 Å². The summed E-state index contributed by atoms with van der Waals surface area (Å²) in [5.74, 6) is 0. The van der Waals surface area contributed by atoms with Crippen LogP contribution >= 0.6 is 0 Å². The Hall–Kier alpha value is -0.560. The molecule has 0 unspecified atom stereocenters. The van der Waals surface area contributed by atoms with E-state index in [0.29, 0.717) is 0 Å². The number of hydrogen-bond acceptors (Lipinski definition) is 1. The molecule has 0 N–H and O–H groups in total. The average Bonchev–Trinajstić information content (AvgIpc) is 2.48. The van der Waals surface area contributed by atoms with Crippen LogP contribution in [0.25, 0.3) is 0 Å². The van der Waals surface area contributed by atoms with Gasteiger partial charge in [0.15, 0.2) is 0 Å². The lowest BCUT2D eigenvalue weighted by molar-refractivity contribution is 0.324. The summed E-state index contributed by atoms with van der Waals surface area (Å²) in [4.78, 5) is 2.41. The first-order valence-corrected chi connectivity index (χ1v) is 9.29. The number of nitrogens with zero attached hydrogens (tertiary/aromatic N) is 1. The minimum Gasteiger partial charge on any atom is -0.296 e. The molecule has 0 amide bonds. The molecule has 124 valence electrons. The summed E-state index contributed by atoms with van der Waals surface area (Å²) < 4.78 is 0. The first kappa shape index (κ1) is 20.4. The highest BCUT2D eigenvalue weighted by Gasteiger charge is 1.99. The Balaban J connectivity index is 3.20. The molecule has 0 aromatic carbocycles. The highest BCUT2D eigenvalue weighted by Crippen LogP contribution is 2.12. The molecule has 0 aliphatic rings. The SMILES string of the molecule is C=CCN(CC=C)CCCCCCCCCCCCCC. The van der Waals surface area contributed by atoms with E-state index in [-0.39, 0.29) is 0 Å². The quantitative estimate of drug-likeness (QED) is 0.223. The highest BCUT2D eigenvalue weighted by atomic mass is 15.1. The molecule has 0 aliphatic carbocycles. The van der Waals surface area contributed by atoms with Crippen LogP contribution in [0.3, 0.4) is 0 Å². The van der Waals surface area contributed by atoms with Gasteiger partial charge in [-0.2, -0.15) is 0 Å². The van der Waals surface area contributed by atoms with Crippen molar-refractivity contribution in [2.45, 2.75) is 84.0 Å². The van der Waals surface area contributed by atoms with Crippen LogP contribution in [0.4, 0.5) is 0 Å². The zero-order valence-electron chi connectivity index (χ0n) is 14.6. The maximum atomic E-state index is 3.82. The lowest BCUT2D eigenvalue weighted by atomic mass is 10.1. The Bertz CT molecular complexity index is 212. The van der Waals surface area contributed by atoms with Gasteiger partial charge in [0.25, 0.3) is 0 Å². The Kier molecular flexibility index (Phi) is 17.0. The molecule has 0 saturated carbocycles. The van der Waals surface area contributed by atoms with Crippen LogP contribution in [-0.2, 0) is 0 Å². The van der Waals surface area contributed by atoms with Crippen molar-refractivity contribution in [1.82, 2.24) is 4.90 Å². The van der Waals surface area contributed by atoms with Crippen molar-refractivity contribution in [2.24, 2.45) is 0 Å². The standard InChI is InChI=1S/C20H39N/c1-4-7-8-9-10-11-12-13-14-15-16-17-20-21(18-5-2)19-6-3/h5-6H,2-4,7-20H2,1H3. The van der Waals surface area contributed by atoms with Crippen LogP contribution in [0.5, 0.6) is 0 Å². The Morgan fingerprint density at radius 1 is 0.619 bits per heavy atom. The molecule has 21 heavy (non-hydrogen) atoms. The Morgan fingerprint density at radius 3 is 1.38 bits per heavy atom. The molecule has 0 rings (SSSR count). The van der Waals surface area contributed by atoms with Crippen LogP contribution in [-0.4, -0.2) is 24.5 Å². The van der Waals surface area contributed by atoms with E-state index in [9.17, 15) is 0 Å². The van der Waals surface area contributed by atoms with Crippen LogP contribution < -0.4 is 0 Å². The molecule has 0 aromatic rings. The van der Waals surface area contributed by atoms with E-state index in [1.54, 1.807) is 0 Å². The number of unbranched alkanes of at least 4 members (excludes halogenated alkanes) is 11. The van der Waals surface area contributed by atoms with E-state index < -0.39 is 0 Å². The average molecular weight is 294 g/mol. The molecule has 0 aliphatic heterocycles. The van der Waals surface area contributed by atoms with Gasteiger partial charge in [0, 0.05) is 13.1 Å². The van der Waals surface area contributed by atoms with Gasteiger partial charge in [-0.3, -0.25) is 4.90 Å². The smallest absolute Gasteiger partial charge is 0.0163 e. The van der Waals surface area contributed by atoms with Gasteiger partial charge in [-0.25, -0.2) is 0 Å². The molecule has 0 bridgehead atoms. The first-order chi connectivity index (χ1) is 10.3. The van der Waals surface area contributed by atoms with Crippen molar-refractivity contribution < 1.29 is 0 Å². The zero-order chi connectivity index (χ0) is 15.6. The normalized spacial score (nSPS) is 11.0. The Morgan fingerprint density at radius 2 is 1.00 bits per heavy atom. The predicted octanol–water partition coefficient (Wildman–Crippen LogP) is 6.36. The topological polar surface area (TPSA) is 3.24 Å². The molecule has 1 nitrogen and oxygen atoms in total. The van der Waals surface area contributed by atoms with Crippen LogP contribution in [0.15, 0.2) is 25.3 Å². The van der Waals surface area contributed by atoms with Crippen molar-refractivity contribution in [2.75, 3.05) is 19.6 Å². The predicted molar refractivity (Wildman–Crippen MR) is 97.9 cm³/mol. The summed E-state index contributed by atoms with van der Waals surface area (Å²) in [5, 5.41) is 0. The van der Waals surface area contributed by atoms with Crippen molar-refractivity contribution in [1.29, 1.82) is 0 Å². The number of hydrogen-bond donors (Lipinski definition) is 0. The lowest BCUT2D eigenvalue weighted by Crippen LogP contribution is -2.24. The second-order valence-corrected chi connectivity index (χ2v) is 6.23. The van der Waals surface area contributed by atoms with Gasteiger partial charge >= 0.3 is 0 Å². The maximum Gasteiger partial charge on any atom is 0.0163 e. The molecule has 0 fully saturated rings. The Labute approximate surface area is 134 Å². The molecule has 0 aromatic heterocycles. The minimum atomic E-state index is 0.990. The van der Waals surface area contributed by atoms with E-state index in [0.717, 1.165) is 13.1 Å². The van der Waals surface area contributed by atoms with Crippen molar-refractivity contribution in [3.8, 4) is 0 Å². The fourth-order valence-corrected chi connectivity index (χ4v) is 2.80. The summed E-state index contributed by atoms with van der Waals surface area (Å²) >= 11 is 0. The summed E-state index contributed by atoms with van der Waals surface area (Å²) in [6.07, 6.45) is 21.0. The summed E-state index contributed by atoms with van der Waals surface area (Å²) in [5.41, 5.74) is 0. The van der Waals surface area contributed by atoms with Crippen LogP contribution in [0.2, 0.25) is 0 Å². The maximum absolute atomic E-state index is 3.82. The molecule has 0 spiro atoms. The third kappa shape index (κ3) is 15.6. The fraction of sp³-hybridized carbons (Fsp3) is 0.800. The van der Waals surface area contributed by atoms with Crippen LogP contribution in [0.1, 0.15) is 84.0 Å². The fourth-order valence-electron chi connectivity index (χ4n) is 2.80. The molecule has 1 heteroatoms. The number of rotatable bonds is 17. The summed E-state index contributed by atoms with van der Waals surface area (Å²) in [7, 11) is 0. The van der Waals surface area contributed by atoms with E-state index in [1.165, 1.54) is 83.6 Å². The van der Waals surface area contributed by atoms with Gasteiger partial charge in [0.1, 0.15) is 0 Å². The van der Waals surface area contributed by atoms with E-state index >= 15 is 0 Å². The molecule has 0 atom stereocenters. The lowest BCUT2D eigenvalue weighted by Gasteiger charge is -2.18. The third-order valence-corrected chi connectivity index (χ3v) is 4.10. The van der Waals surface area contributed by atoms with Gasteiger partial charge in [0.05, 0.1) is 0 Å². The summed E-state index contributed by atoms with van der Waals surface area (Å²) in [6, 6.07) is 0. The molecule has 0 saturated heterocycles. The minimum absolute atomic E-state index is 0.990. The monoisotopic (exact) mass is 293 g/mol. The summed E-state index contributed by atoms with van der Waals surface area (Å²) in [6.45, 7) is 13.1. The van der Waals surface area contributed by atoms with Crippen molar-refractivity contribution in [3.63, 3.8) is 0 Å². The molecular weight excluding hydrogens is 254 g/mol.